The van der Waals surface area contributed by atoms with Crippen LogP contribution in [-0.4, -0.2) is 38.9 Å². The van der Waals surface area contributed by atoms with E-state index in [4.69, 9.17) is 20.6 Å². The molecule has 0 radical (unpaired) electrons. The lowest BCUT2D eigenvalue weighted by atomic mass is 9.79. The van der Waals surface area contributed by atoms with Crippen LogP contribution < -0.4 is 10.2 Å². The largest absolute Gasteiger partial charge is 0.493 e. The summed E-state index contributed by atoms with van der Waals surface area (Å²) < 4.78 is 71.9. The summed E-state index contributed by atoms with van der Waals surface area (Å²) in [4.78, 5) is 3.37. The molecule has 2 aromatic rings. The highest BCUT2D eigenvalue weighted by Crippen LogP contribution is 2.50. The monoisotopic (exact) mass is 489 g/mol. The maximum Gasteiger partial charge on any atom is 0.493 e. The third-order valence-electron chi connectivity index (χ3n) is 6.95. The van der Waals surface area contributed by atoms with E-state index in [0.29, 0.717) is 5.46 Å². The first kappa shape index (κ1) is 24.6. The zero-order chi connectivity index (χ0) is 25.3. The Morgan fingerprint density at radius 2 is 1.74 bits per heavy atom. The van der Waals surface area contributed by atoms with Gasteiger partial charge in [0.05, 0.1) is 22.7 Å². The molecule has 2 aliphatic rings. The Hall–Kier alpha value is -2.48. The van der Waals surface area contributed by atoms with E-state index in [2.05, 4.69) is 4.85 Å². The molecule has 180 valence electrons. The van der Waals surface area contributed by atoms with Crippen LogP contribution in [0.5, 0.6) is 11.5 Å². The number of rotatable bonds is 4. The highest BCUT2D eigenvalue weighted by molar-refractivity contribution is 7.90. The fraction of sp³-hybridized carbons (Fsp3) is 0.458. The second kappa shape index (κ2) is 7.77. The lowest BCUT2D eigenvalue weighted by Gasteiger charge is -2.32. The van der Waals surface area contributed by atoms with Crippen LogP contribution >= 0.6 is 0 Å². The van der Waals surface area contributed by atoms with Gasteiger partial charge in [-0.25, -0.2) is 22.0 Å². The van der Waals surface area contributed by atoms with Gasteiger partial charge in [-0.15, -0.1) is 0 Å². The summed E-state index contributed by atoms with van der Waals surface area (Å²) in [5.74, 6) is -4.00. The molecule has 0 spiro atoms. The predicted molar refractivity (Wildman–Crippen MR) is 125 cm³/mol. The highest BCUT2D eigenvalue weighted by atomic mass is 32.2. The number of nitrogens with zero attached hydrogens (tertiary/aromatic N) is 1. The van der Waals surface area contributed by atoms with Crippen molar-refractivity contribution in [1.82, 2.24) is 0 Å². The van der Waals surface area contributed by atoms with Crippen LogP contribution in [0.25, 0.3) is 4.85 Å². The minimum absolute atomic E-state index is 0.0810. The van der Waals surface area contributed by atoms with Crippen LogP contribution in [0.1, 0.15) is 51.7 Å². The number of alkyl halides is 2. The molecule has 0 N–H and O–H groups in total. The molecule has 1 saturated heterocycles. The normalized spacial score (nSPS) is 22.3. The summed E-state index contributed by atoms with van der Waals surface area (Å²) in [5.41, 5.74) is -0.105. The molecule has 1 atom stereocenters. The Bertz CT molecular complexity index is 1300. The second-order valence-corrected chi connectivity index (χ2v) is 11.9. The van der Waals surface area contributed by atoms with Gasteiger partial charge in [-0.05, 0) is 63.0 Å². The number of benzene rings is 2. The molecule has 0 aromatic heterocycles. The minimum Gasteiger partial charge on any atom is -0.458 e. The van der Waals surface area contributed by atoms with Crippen molar-refractivity contribution < 1.29 is 31.2 Å². The Labute approximate surface area is 199 Å². The van der Waals surface area contributed by atoms with Crippen molar-refractivity contribution in [1.29, 1.82) is 0 Å². The third kappa shape index (κ3) is 4.10. The molecule has 1 heterocycles. The quantitative estimate of drug-likeness (QED) is 0.446. The molecular weight excluding hydrogens is 463 g/mol. The van der Waals surface area contributed by atoms with Crippen molar-refractivity contribution in [2.75, 3.05) is 6.26 Å². The summed E-state index contributed by atoms with van der Waals surface area (Å²) in [5, 5.41) is 0. The molecule has 34 heavy (non-hydrogen) atoms. The van der Waals surface area contributed by atoms with E-state index in [0.717, 1.165) is 6.26 Å². The van der Waals surface area contributed by atoms with Crippen LogP contribution in [0.4, 0.5) is 14.5 Å². The standard InChI is InChI=1S/C24H26BF2NO5S/c1-14-21-18(13-24(14,26)27)19(8-9-20(21)34(7,29)30)31-17-11-15(10-16(12-17)28-6)25-32-22(2,3)23(4,5)33-25/h8-12,14H,13H2,1-5,7H3/t14-/m0/s1. The van der Waals surface area contributed by atoms with Gasteiger partial charge in [-0.1, -0.05) is 13.0 Å². The first-order chi connectivity index (χ1) is 15.6. The van der Waals surface area contributed by atoms with Crippen LogP contribution in [0.3, 0.4) is 0 Å². The van der Waals surface area contributed by atoms with Crippen molar-refractivity contribution in [2.45, 2.75) is 69.0 Å². The van der Waals surface area contributed by atoms with Crippen LogP contribution in [0, 0.1) is 6.57 Å². The van der Waals surface area contributed by atoms with E-state index >= 15 is 0 Å². The van der Waals surface area contributed by atoms with E-state index in [1.54, 1.807) is 12.1 Å². The average molecular weight is 489 g/mol. The summed E-state index contributed by atoms with van der Waals surface area (Å²) in [6.45, 7) is 16.4. The Morgan fingerprint density at radius 1 is 1.12 bits per heavy atom. The van der Waals surface area contributed by atoms with Gasteiger partial charge >= 0.3 is 7.12 Å². The van der Waals surface area contributed by atoms with Gasteiger partial charge in [-0.2, -0.15) is 0 Å². The van der Waals surface area contributed by atoms with Crippen LogP contribution in [0.2, 0.25) is 0 Å². The lowest BCUT2D eigenvalue weighted by Crippen LogP contribution is -2.41. The predicted octanol–water partition coefficient (Wildman–Crippen LogP) is 5.03. The number of hydrogen-bond donors (Lipinski definition) is 0. The molecule has 0 unspecified atom stereocenters. The van der Waals surface area contributed by atoms with E-state index in [-0.39, 0.29) is 33.2 Å². The maximum absolute atomic E-state index is 14.6. The lowest BCUT2D eigenvalue weighted by molar-refractivity contribution is -0.0104. The molecule has 4 rings (SSSR count). The first-order valence-corrected chi connectivity index (χ1v) is 12.7. The summed E-state index contributed by atoms with van der Waals surface area (Å²) in [6.07, 6.45) is 0.372. The third-order valence-corrected chi connectivity index (χ3v) is 8.10. The van der Waals surface area contributed by atoms with Gasteiger partial charge in [0.1, 0.15) is 11.5 Å². The van der Waals surface area contributed by atoms with Crippen molar-refractivity contribution in [3.8, 4) is 11.5 Å². The summed E-state index contributed by atoms with van der Waals surface area (Å²) >= 11 is 0. The average Bonchev–Trinajstić information content (AvgIpc) is 3.09. The van der Waals surface area contributed by atoms with E-state index < -0.39 is 46.4 Å². The summed E-state index contributed by atoms with van der Waals surface area (Å²) in [7, 11) is -4.45. The van der Waals surface area contributed by atoms with Crippen LogP contribution in [0.15, 0.2) is 35.2 Å². The molecule has 10 heteroatoms. The zero-order valence-corrected chi connectivity index (χ0v) is 20.7. The fourth-order valence-electron chi connectivity index (χ4n) is 4.27. The van der Waals surface area contributed by atoms with Crippen molar-refractivity contribution in [3.05, 3.63) is 52.9 Å². The number of fused-ring (bicyclic) bond motifs is 1. The molecule has 0 amide bonds. The zero-order valence-electron chi connectivity index (χ0n) is 19.9. The van der Waals surface area contributed by atoms with E-state index in [9.17, 15) is 17.2 Å². The Kier molecular flexibility index (Phi) is 5.63. The minimum atomic E-state index is -3.71. The highest BCUT2D eigenvalue weighted by Gasteiger charge is 2.52. The van der Waals surface area contributed by atoms with Crippen LogP contribution in [-0.2, 0) is 25.6 Å². The summed E-state index contributed by atoms with van der Waals surface area (Å²) in [6, 6.07) is 7.46. The molecule has 0 saturated carbocycles. The van der Waals surface area contributed by atoms with Gasteiger partial charge in [0.15, 0.2) is 15.5 Å². The molecule has 6 nitrogen and oxygen atoms in total. The number of halogens is 2. The second-order valence-electron chi connectivity index (χ2n) is 9.95. The number of ether oxygens (including phenoxy) is 1. The smallest absolute Gasteiger partial charge is 0.458 e. The first-order valence-electron chi connectivity index (χ1n) is 10.9. The molecule has 1 aliphatic carbocycles. The van der Waals surface area contributed by atoms with E-state index in [1.807, 2.05) is 27.7 Å². The topological polar surface area (TPSA) is 66.2 Å². The molecule has 1 fully saturated rings. The van der Waals surface area contributed by atoms with Gasteiger partial charge in [0, 0.05) is 24.2 Å². The maximum atomic E-state index is 14.6. The van der Waals surface area contributed by atoms with E-state index in [1.165, 1.54) is 25.1 Å². The van der Waals surface area contributed by atoms with Gasteiger partial charge in [0.2, 0.25) is 0 Å². The Balaban J connectivity index is 1.77. The SMILES string of the molecule is [C-]#[N+]c1cc(Oc2ccc(S(C)(=O)=O)c3c2CC(F)(F)[C@H]3C)cc(B2OC(C)(C)C(C)(C)O2)c1. The van der Waals surface area contributed by atoms with Gasteiger partial charge in [0.25, 0.3) is 5.92 Å². The van der Waals surface area contributed by atoms with Crippen molar-refractivity contribution in [2.24, 2.45) is 0 Å². The number of sulfone groups is 1. The fourth-order valence-corrected chi connectivity index (χ4v) is 5.29. The molecule has 0 bridgehead atoms. The molecule has 1 aliphatic heterocycles. The van der Waals surface area contributed by atoms with Gasteiger partial charge in [-0.3, -0.25) is 0 Å². The van der Waals surface area contributed by atoms with Gasteiger partial charge < -0.3 is 14.0 Å². The molecule has 2 aromatic carbocycles. The number of hydrogen-bond acceptors (Lipinski definition) is 5. The Morgan fingerprint density at radius 3 is 2.29 bits per heavy atom. The van der Waals surface area contributed by atoms with Crippen molar-refractivity contribution in [3.63, 3.8) is 0 Å². The molecular formula is C24H26BF2NO5S. The van der Waals surface area contributed by atoms with Crippen molar-refractivity contribution >= 4 is 28.1 Å².